The molecular formula is C18H30N2O. The topological polar surface area (TPSA) is 24.5 Å². The number of hydrogen-bond donors (Lipinski definition) is 1. The lowest BCUT2D eigenvalue weighted by Gasteiger charge is -2.28. The lowest BCUT2D eigenvalue weighted by Crippen LogP contribution is -2.38. The largest absolute Gasteiger partial charge is 0.377 e. The highest BCUT2D eigenvalue weighted by Gasteiger charge is 2.21. The Kier molecular flexibility index (Phi) is 6.22. The average Bonchev–Trinajstić information content (AvgIpc) is 2.99. The van der Waals surface area contributed by atoms with Crippen molar-refractivity contribution in [3.63, 3.8) is 0 Å². The van der Waals surface area contributed by atoms with Crippen molar-refractivity contribution in [3.8, 4) is 0 Å². The molecule has 1 aromatic rings. The second-order valence-electron chi connectivity index (χ2n) is 6.17. The first-order valence-electron chi connectivity index (χ1n) is 8.22. The molecule has 3 heteroatoms. The normalized spacial score (nSPS) is 20.1. The second-order valence-corrected chi connectivity index (χ2v) is 6.17. The molecule has 0 saturated carbocycles. The van der Waals surface area contributed by atoms with Gasteiger partial charge in [-0.2, -0.15) is 0 Å². The van der Waals surface area contributed by atoms with Gasteiger partial charge >= 0.3 is 0 Å². The van der Waals surface area contributed by atoms with Gasteiger partial charge in [0, 0.05) is 25.7 Å². The van der Waals surface area contributed by atoms with Crippen molar-refractivity contribution in [2.75, 3.05) is 33.3 Å². The third-order valence-electron chi connectivity index (χ3n) is 4.66. The summed E-state index contributed by atoms with van der Waals surface area (Å²) in [5, 5.41) is 3.47. The van der Waals surface area contributed by atoms with Gasteiger partial charge in [0.2, 0.25) is 0 Å². The molecule has 3 nitrogen and oxygen atoms in total. The van der Waals surface area contributed by atoms with E-state index in [1.54, 1.807) is 0 Å². The Hall–Kier alpha value is -0.900. The molecule has 0 radical (unpaired) electrons. The number of hydrogen-bond acceptors (Lipinski definition) is 3. The summed E-state index contributed by atoms with van der Waals surface area (Å²) in [5.74, 6) is 0. The van der Waals surface area contributed by atoms with E-state index in [0.717, 1.165) is 26.2 Å². The van der Waals surface area contributed by atoms with Gasteiger partial charge in [0.1, 0.15) is 0 Å². The number of aryl methyl sites for hydroxylation is 2. The second kappa shape index (κ2) is 7.92. The molecule has 2 atom stereocenters. The maximum atomic E-state index is 5.78. The van der Waals surface area contributed by atoms with Gasteiger partial charge in [-0.15, -0.1) is 0 Å². The third-order valence-corrected chi connectivity index (χ3v) is 4.66. The van der Waals surface area contributed by atoms with Gasteiger partial charge in [0.05, 0.1) is 6.10 Å². The van der Waals surface area contributed by atoms with Crippen LogP contribution in [0, 0.1) is 13.8 Å². The Morgan fingerprint density at radius 1 is 1.33 bits per heavy atom. The first kappa shape index (κ1) is 16.5. The number of nitrogens with one attached hydrogen (secondary N) is 1. The smallest absolute Gasteiger partial charge is 0.0702 e. The summed E-state index contributed by atoms with van der Waals surface area (Å²) in [6, 6.07) is 7.18. The Morgan fingerprint density at radius 2 is 2.14 bits per heavy atom. The van der Waals surface area contributed by atoms with Crippen molar-refractivity contribution in [2.45, 2.75) is 45.8 Å². The average molecular weight is 290 g/mol. The number of ether oxygens (including phenoxy) is 1. The fourth-order valence-corrected chi connectivity index (χ4v) is 3.01. The van der Waals surface area contributed by atoms with Crippen LogP contribution < -0.4 is 5.32 Å². The summed E-state index contributed by atoms with van der Waals surface area (Å²) in [7, 11) is 2.06. The van der Waals surface area contributed by atoms with Crippen molar-refractivity contribution in [1.82, 2.24) is 10.2 Å². The van der Waals surface area contributed by atoms with Crippen molar-refractivity contribution in [1.29, 1.82) is 0 Å². The van der Waals surface area contributed by atoms with E-state index in [1.165, 1.54) is 29.5 Å². The van der Waals surface area contributed by atoms with Crippen molar-refractivity contribution in [3.05, 3.63) is 34.9 Å². The van der Waals surface area contributed by atoms with Crippen LogP contribution in [0.1, 0.15) is 42.5 Å². The van der Waals surface area contributed by atoms with E-state index in [-0.39, 0.29) is 0 Å². The Morgan fingerprint density at radius 3 is 2.71 bits per heavy atom. The third kappa shape index (κ3) is 4.53. The Balaban J connectivity index is 1.99. The fourth-order valence-electron chi connectivity index (χ4n) is 3.01. The van der Waals surface area contributed by atoms with Crippen LogP contribution in [0.15, 0.2) is 18.2 Å². The molecule has 1 saturated heterocycles. The lowest BCUT2D eigenvalue weighted by molar-refractivity contribution is 0.0718. The first-order valence-corrected chi connectivity index (χ1v) is 8.22. The fraction of sp³-hybridized carbons (Fsp3) is 0.667. The Bertz CT molecular complexity index is 441. The highest BCUT2D eigenvalue weighted by molar-refractivity contribution is 5.31. The van der Waals surface area contributed by atoms with Crippen LogP contribution in [0.4, 0.5) is 0 Å². The molecule has 2 rings (SSSR count). The van der Waals surface area contributed by atoms with E-state index in [1.807, 2.05) is 0 Å². The summed E-state index contributed by atoms with van der Waals surface area (Å²) in [6.07, 6.45) is 2.86. The van der Waals surface area contributed by atoms with Crippen molar-refractivity contribution < 1.29 is 4.74 Å². The summed E-state index contributed by atoms with van der Waals surface area (Å²) in [6.45, 7) is 10.7. The van der Waals surface area contributed by atoms with E-state index in [9.17, 15) is 0 Å². The maximum absolute atomic E-state index is 5.78. The molecule has 21 heavy (non-hydrogen) atoms. The van der Waals surface area contributed by atoms with Gasteiger partial charge < -0.3 is 10.1 Å². The quantitative estimate of drug-likeness (QED) is 0.835. The lowest BCUT2D eigenvalue weighted by atomic mass is 10.0. The molecule has 1 aromatic carbocycles. The van der Waals surface area contributed by atoms with Gasteiger partial charge in [-0.05, 0) is 57.0 Å². The molecule has 0 aromatic heterocycles. The van der Waals surface area contributed by atoms with Crippen molar-refractivity contribution >= 4 is 0 Å². The molecule has 1 fully saturated rings. The minimum Gasteiger partial charge on any atom is -0.377 e. The van der Waals surface area contributed by atoms with Crippen LogP contribution in [0.5, 0.6) is 0 Å². The van der Waals surface area contributed by atoms with Gasteiger partial charge in [-0.1, -0.05) is 25.1 Å². The molecule has 1 aliphatic rings. The summed E-state index contributed by atoms with van der Waals surface area (Å²) in [5.41, 5.74) is 4.11. The SMILES string of the molecule is CCN(CC1CCCO1)CC(NC)c1ccc(C)c(C)c1. The monoisotopic (exact) mass is 290 g/mol. The summed E-state index contributed by atoms with van der Waals surface area (Å²) >= 11 is 0. The molecule has 0 amide bonds. The summed E-state index contributed by atoms with van der Waals surface area (Å²) < 4.78 is 5.78. The van der Waals surface area contributed by atoms with Crippen LogP contribution >= 0.6 is 0 Å². The zero-order valence-corrected chi connectivity index (χ0v) is 14.0. The van der Waals surface area contributed by atoms with Crippen LogP contribution in [0.3, 0.4) is 0 Å². The molecule has 0 aliphatic carbocycles. The molecule has 1 aliphatic heterocycles. The molecular weight excluding hydrogens is 260 g/mol. The zero-order valence-electron chi connectivity index (χ0n) is 14.0. The molecule has 2 unspecified atom stereocenters. The van der Waals surface area contributed by atoms with Crippen LogP contribution in [-0.2, 0) is 4.74 Å². The van der Waals surface area contributed by atoms with E-state index in [2.05, 4.69) is 56.2 Å². The predicted octanol–water partition coefficient (Wildman–Crippen LogP) is 3.06. The predicted molar refractivity (Wildman–Crippen MR) is 88.8 cm³/mol. The first-order chi connectivity index (χ1) is 10.1. The number of rotatable bonds is 7. The van der Waals surface area contributed by atoms with Crippen molar-refractivity contribution in [2.24, 2.45) is 0 Å². The van der Waals surface area contributed by atoms with Gasteiger partial charge in [-0.25, -0.2) is 0 Å². The minimum atomic E-state index is 0.380. The van der Waals surface area contributed by atoms with E-state index < -0.39 is 0 Å². The minimum absolute atomic E-state index is 0.380. The maximum Gasteiger partial charge on any atom is 0.0702 e. The highest BCUT2D eigenvalue weighted by atomic mass is 16.5. The zero-order chi connectivity index (χ0) is 15.2. The Labute approximate surface area is 129 Å². The molecule has 0 spiro atoms. The standard InChI is InChI=1S/C18H30N2O/c1-5-20(12-17-7-6-10-21-17)13-18(19-4)16-9-8-14(2)15(3)11-16/h8-9,11,17-19H,5-7,10,12-13H2,1-4H3. The number of nitrogens with zero attached hydrogens (tertiary/aromatic N) is 1. The van der Waals surface area contributed by atoms with Gasteiger partial charge in [-0.3, -0.25) is 4.90 Å². The molecule has 0 bridgehead atoms. The van der Waals surface area contributed by atoms with E-state index >= 15 is 0 Å². The van der Waals surface area contributed by atoms with E-state index in [0.29, 0.717) is 12.1 Å². The van der Waals surface area contributed by atoms with Crippen LogP contribution in [0.2, 0.25) is 0 Å². The van der Waals surface area contributed by atoms with Gasteiger partial charge in [0.25, 0.3) is 0 Å². The molecule has 118 valence electrons. The number of benzene rings is 1. The van der Waals surface area contributed by atoms with Gasteiger partial charge in [0.15, 0.2) is 0 Å². The number of likely N-dealkylation sites (N-methyl/N-ethyl adjacent to an activating group) is 2. The van der Waals surface area contributed by atoms with Crippen LogP contribution in [-0.4, -0.2) is 44.3 Å². The molecule has 1 N–H and O–H groups in total. The van der Waals surface area contributed by atoms with Crippen LogP contribution in [0.25, 0.3) is 0 Å². The van der Waals surface area contributed by atoms with E-state index in [4.69, 9.17) is 4.74 Å². The highest BCUT2D eigenvalue weighted by Crippen LogP contribution is 2.19. The molecule has 1 heterocycles. The summed E-state index contributed by atoms with van der Waals surface area (Å²) in [4.78, 5) is 2.51.